The first kappa shape index (κ1) is 21.7. The van der Waals surface area contributed by atoms with Gasteiger partial charge in [0.1, 0.15) is 6.10 Å². The second-order valence-corrected chi connectivity index (χ2v) is 6.79. The van der Waals surface area contributed by atoms with Gasteiger partial charge in [-0.05, 0) is 12.0 Å². The molecule has 0 aromatic heterocycles. The maximum atomic E-state index is 12.0. The maximum Gasteiger partial charge on any atom is 0.220 e. The minimum absolute atomic E-state index is 0.100. The lowest BCUT2D eigenvalue weighted by atomic mass is 10.0. The van der Waals surface area contributed by atoms with E-state index in [1.165, 1.54) is 44.9 Å². The third kappa shape index (κ3) is 9.61. The second-order valence-electron chi connectivity index (χ2n) is 6.79. The fraction of sp³-hybridized carbons (Fsp3) is 0.667. The van der Waals surface area contributed by atoms with Crippen LogP contribution in [0.25, 0.3) is 0 Å². The van der Waals surface area contributed by atoms with Gasteiger partial charge < -0.3 is 15.5 Å². The van der Waals surface area contributed by atoms with Gasteiger partial charge in [-0.3, -0.25) is 4.79 Å². The van der Waals surface area contributed by atoms with Crippen LogP contribution in [-0.4, -0.2) is 28.8 Å². The molecule has 0 saturated carbocycles. The predicted octanol–water partition coefficient (Wildman–Crippen LogP) is 4.12. The van der Waals surface area contributed by atoms with Gasteiger partial charge in [-0.15, -0.1) is 0 Å². The Bertz CT molecular complexity index is 450. The van der Waals surface area contributed by atoms with E-state index in [1.807, 2.05) is 18.2 Å². The van der Waals surface area contributed by atoms with Gasteiger partial charge in [0, 0.05) is 6.42 Å². The van der Waals surface area contributed by atoms with Crippen LogP contribution in [0, 0.1) is 0 Å². The van der Waals surface area contributed by atoms with E-state index in [0.717, 1.165) is 12.8 Å². The van der Waals surface area contributed by atoms with E-state index in [1.54, 1.807) is 12.1 Å². The molecule has 0 bridgehead atoms. The Morgan fingerprint density at radius 3 is 2.08 bits per heavy atom. The van der Waals surface area contributed by atoms with E-state index >= 15 is 0 Å². The number of benzene rings is 1. The molecule has 0 spiro atoms. The zero-order valence-corrected chi connectivity index (χ0v) is 15.6. The Hall–Kier alpha value is -1.39. The topological polar surface area (TPSA) is 69.6 Å². The number of aliphatic hydroxyl groups is 2. The summed E-state index contributed by atoms with van der Waals surface area (Å²) < 4.78 is 0. The minimum Gasteiger partial charge on any atom is -0.394 e. The smallest absolute Gasteiger partial charge is 0.220 e. The molecule has 4 nitrogen and oxygen atoms in total. The van der Waals surface area contributed by atoms with E-state index in [9.17, 15) is 15.0 Å². The molecule has 0 radical (unpaired) electrons. The van der Waals surface area contributed by atoms with Crippen LogP contribution in [0.2, 0.25) is 0 Å². The molecule has 25 heavy (non-hydrogen) atoms. The molecule has 142 valence electrons. The zero-order valence-electron chi connectivity index (χ0n) is 15.6. The van der Waals surface area contributed by atoms with E-state index in [-0.39, 0.29) is 12.5 Å². The van der Waals surface area contributed by atoms with Crippen LogP contribution in [-0.2, 0) is 4.79 Å². The van der Waals surface area contributed by atoms with Crippen molar-refractivity contribution in [3.05, 3.63) is 35.9 Å². The normalized spacial score (nSPS) is 13.4. The van der Waals surface area contributed by atoms with Crippen LogP contribution in [0.1, 0.15) is 82.8 Å². The third-order valence-electron chi connectivity index (χ3n) is 4.57. The molecule has 0 aliphatic rings. The van der Waals surface area contributed by atoms with Gasteiger partial charge in [0.05, 0.1) is 12.6 Å². The molecule has 0 heterocycles. The van der Waals surface area contributed by atoms with Gasteiger partial charge in [-0.2, -0.15) is 0 Å². The van der Waals surface area contributed by atoms with Crippen molar-refractivity contribution >= 4 is 5.91 Å². The number of unbranched alkanes of at least 4 members (excludes halogenated alkanes) is 8. The Balaban J connectivity index is 2.15. The molecule has 1 rings (SSSR count). The number of hydrogen-bond acceptors (Lipinski definition) is 3. The molecule has 3 N–H and O–H groups in total. The Morgan fingerprint density at radius 2 is 1.52 bits per heavy atom. The SMILES string of the molecule is CCCCCCCCCCCC(=O)N[C@@H](CO)[C@@H](O)c1ccccc1. The van der Waals surface area contributed by atoms with Gasteiger partial charge >= 0.3 is 0 Å². The van der Waals surface area contributed by atoms with Crippen molar-refractivity contribution in [1.29, 1.82) is 0 Å². The van der Waals surface area contributed by atoms with Crippen LogP contribution in [0.3, 0.4) is 0 Å². The molecular weight excluding hydrogens is 314 g/mol. The van der Waals surface area contributed by atoms with Gasteiger partial charge in [-0.25, -0.2) is 0 Å². The van der Waals surface area contributed by atoms with Crippen molar-refractivity contribution < 1.29 is 15.0 Å². The van der Waals surface area contributed by atoms with E-state index in [4.69, 9.17) is 0 Å². The highest BCUT2D eigenvalue weighted by atomic mass is 16.3. The largest absolute Gasteiger partial charge is 0.394 e. The van der Waals surface area contributed by atoms with E-state index in [0.29, 0.717) is 12.0 Å². The van der Waals surface area contributed by atoms with Crippen molar-refractivity contribution in [2.24, 2.45) is 0 Å². The lowest BCUT2D eigenvalue weighted by Crippen LogP contribution is -2.41. The first-order valence-corrected chi connectivity index (χ1v) is 9.82. The van der Waals surface area contributed by atoms with Gasteiger partial charge in [0.15, 0.2) is 0 Å². The lowest BCUT2D eigenvalue weighted by Gasteiger charge is -2.22. The van der Waals surface area contributed by atoms with Gasteiger partial charge in [0.2, 0.25) is 5.91 Å². The maximum absolute atomic E-state index is 12.0. The van der Waals surface area contributed by atoms with Gasteiger partial charge in [0.25, 0.3) is 0 Å². The average Bonchev–Trinajstić information content (AvgIpc) is 2.65. The van der Waals surface area contributed by atoms with Crippen molar-refractivity contribution in [2.45, 2.75) is 83.3 Å². The summed E-state index contributed by atoms with van der Waals surface area (Å²) >= 11 is 0. The molecular formula is C21H35NO3. The summed E-state index contributed by atoms with van der Waals surface area (Å²) in [6.45, 7) is 1.95. The highest BCUT2D eigenvalue weighted by molar-refractivity contribution is 5.76. The number of rotatable bonds is 14. The number of aliphatic hydroxyl groups excluding tert-OH is 2. The van der Waals surface area contributed by atoms with Crippen molar-refractivity contribution in [3.8, 4) is 0 Å². The van der Waals surface area contributed by atoms with Crippen LogP contribution in [0.4, 0.5) is 0 Å². The van der Waals surface area contributed by atoms with E-state index < -0.39 is 12.1 Å². The molecule has 0 fully saturated rings. The van der Waals surface area contributed by atoms with Gasteiger partial charge in [-0.1, -0.05) is 88.6 Å². The Labute approximate surface area is 152 Å². The summed E-state index contributed by atoms with van der Waals surface area (Å²) in [7, 11) is 0. The molecule has 1 amide bonds. The lowest BCUT2D eigenvalue weighted by molar-refractivity contribution is -0.123. The third-order valence-corrected chi connectivity index (χ3v) is 4.57. The molecule has 1 aromatic rings. The van der Waals surface area contributed by atoms with Crippen molar-refractivity contribution in [1.82, 2.24) is 5.32 Å². The molecule has 2 atom stereocenters. The standard InChI is InChI=1S/C21H35NO3/c1-2-3-4-5-6-7-8-9-13-16-20(24)22-19(17-23)21(25)18-14-11-10-12-15-18/h10-12,14-15,19,21,23,25H,2-9,13,16-17H2,1H3,(H,22,24)/t19-,21-/m0/s1. The highest BCUT2D eigenvalue weighted by Gasteiger charge is 2.21. The van der Waals surface area contributed by atoms with Crippen molar-refractivity contribution in [3.63, 3.8) is 0 Å². The summed E-state index contributed by atoms with van der Waals surface area (Å²) in [5.41, 5.74) is 0.699. The Kier molecular flexibility index (Phi) is 12.0. The van der Waals surface area contributed by atoms with Crippen LogP contribution >= 0.6 is 0 Å². The number of amides is 1. The average molecular weight is 350 g/mol. The summed E-state index contributed by atoms with van der Waals surface area (Å²) in [5.74, 6) is -0.100. The van der Waals surface area contributed by atoms with Crippen LogP contribution < -0.4 is 5.32 Å². The number of carbonyl (C=O) groups is 1. The van der Waals surface area contributed by atoms with E-state index in [2.05, 4.69) is 12.2 Å². The molecule has 1 aromatic carbocycles. The Morgan fingerprint density at radius 1 is 0.960 bits per heavy atom. The fourth-order valence-electron chi connectivity index (χ4n) is 2.98. The zero-order chi connectivity index (χ0) is 18.3. The first-order valence-electron chi connectivity index (χ1n) is 9.82. The number of hydrogen-bond donors (Lipinski definition) is 3. The molecule has 0 aliphatic heterocycles. The minimum atomic E-state index is -0.890. The molecule has 4 heteroatoms. The molecule has 0 saturated heterocycles. The monoisotopic (exact) mass is 349 g/mol. The number of nitrogens with one attached hydrogen (secondary N) is 1. The summed E-state index contributed by atoms with van der Waals surface area (Å²) in [5, 5.41) is 22.5. The molecule has 0 aliphatic carbocycles. The first-order chi connectivity index (χ1) is 12.2. The fourth-order valence-corrected chi connectivity index (χ4v) is 2.98. The summed E-state index contributed by atoms with van der Waals surface area (Å²) in [6, 6.07) is 8.45. The summed E-state index contributed by atoms with van der Waals surface area (Å²) in [6.07, 6.45) is 10.5. The van der Waals surface area contributed by atoms with Crippen LogP contribution in [0.5, 0.6) is 0 Å². The summed E-state index contributed by atoms with van der Waals surface area (Å²) in [4.78, 5) is 12.0. The number of carbonyl (C=O) groups excluding carboxylic acids is 1. The quantitative estimate of drug-likeness (QED) is 0.443. The predicted molar refractivity (Wildman–Crippen MR) is 102 cm³/mol. The van der Waals surface area contributed by atoms with Crippen molar-refractivity contribution in [2.75, 3.05) is 6.61 Å². The molecule has 0 unspecified atom stereocenters. The second kappa shape index (κ2) is 13.9. The van der Waals surface area contributed by atoms with Crippen LogP contribution in [0.15, 0.2) is 30.3 Å². The highest BCUT2D eigenvalue weighted by Crippen LogP contribution is 2.16.